The van der Waals surface area contributed by atoms with Gasteiger partial charge < -0.3 is 10.2 Å². The number of nitrogens with zero attached hydrogens (tertiary/aromatic N) is 1. The zero-order valence-electron chi connectivity index (χ0n) is 12.2. The number of benzene rings is 1. The zero-order valence-corrected chi connectivity index (χ0v) is 13.8. The second-order valence-electron chi connectivity index (χ2n) is 5.55. The molecule has 0 amide bonds. The van der Waals surface area contributed by atoms with Crippen LogP contribution in [0, 0.1) is 5.92 Å². The summed E-state index contributed by atoms with van der Waals surface area (Å²) in [4.78, 5) is 2.54. The first-order valence-electron chi connectivity index (χ1n) is 7.37. The maximum absolute atomic E-state index is 3.62. The highest BCUT2D eigenvalue weighted by atomic mass is 79.9. The third-order valence-corrected chi connectivity index (χ3v) is 4.81. The molecule has 1 fully saturated rings. The summed E-state index contributed by atoms with van der Waals surface area (Å²) in [6.45, 7) is 6.77. The Balaban J connectivity index is 2.25. The number of anilines is 1. The number of rotatable bonds is 6. The maximum atomic E-state index is 3.62. The summed E-state index contributed by atoms with van der Waals surface area (Å²) in [7, 11) is 2.03. The number of halogens is 1. The molecule has 1 N–H and O–H groups in total. The number of hydrogen-bond acceptors (Lipinski definition) is 2. The minimum absolute atomic E-state index is 0.388. The number of hydrogen-bond donors (Lipinski definition) is 1. The summed E-state index contributed by atoms with van der Waals surface area (Å²) in [6.07, 6.45) is 4.23. The largest absolute Gasteiger partial charge is 0.371 e. The van der Waals surface area contributed by atoms with Crippen molar-refractivity contribution in [2.45, 2.75) is 39.2 Å². The molecule has 2 rings (SSSR count). The highest BCUT2D eigenvalue weighted by Gasteiger charge is 2.22. The maximum Gasteiger partial charge on any atom is 0.0425 e. The molecule has 0 aliphatic heterocycles. The van der Waals surface area contributed by atoms with Crippen molar-refractivity contribution >= 4 is 21.6 Å². The van der Waals surface area contributed by atoms with Gasteiger partial charge >= 0.3 is 0 Å². The lowest BCUT2D eigenvalue weighted by Gasteiger charge is -2.35. The van der Waals surface area contributed by atoms with Crippen LogP contribution in [0.3, 0.4) is 0 Å². The van der Waals surface area contributed by atoms with E-state index in [4.69, 9.17) is 0 Å². The van der Waals surface area contributed by atoms with Gasteiger partial charge in [-0.25, -0.2) is 0 Å². The second kappa shape index (κ2) is 6.76. The monoisotopic (exact) mass is 324 g/mol. The molecule has 1 saturated carbocycles. The van der Waals surface area contributed by atoms with Crippen LogP contribution < -0.4 is 10.2 Å². The van der Waals surface area contributed by atoms with E-state index in [0.29, 0.717) is 6.04 Å². The lowest BCUT2D eigenvalue weighted by atomic mass is 9.85. The van der Waals surface area contributed by atoms with Crippen molar-refractivity contribution in [1.82, 2.24) is 5.32 Å². The summed E-state index contributed by atoms with van der Waals surface area (Å²) in [6, 6.07) is 7.04. The van der Waals surface area contributed by atoms with Crippen LogP contribution in [-0.2, 0) is 0 Å². The van der Waals surface area contributed by atoms with Crippen molar-refractivity contribution in [2.75, 3.05) is 25.0 Å². The van der Waals surface area contributed by atoms with Crippen LogP contribution in [0.4, 0.5) is 5.69 Å². The van der Waals surface area contributed by atoms with Gasteiger partial charge in [0, 0.05) is 29.3 Å². The molecule has 3 heteroatoms. The highest BCUT2D eigenvalue weighted by molar-refractivity contribution is 9.10. The lowest BCUT2D eigenvalue weighted by Crippen LogP contribution is -2.33. The van der Waals surface area contributed by atoms with Crippen LogP contribution in [0.1, 0.15) is 44.7 Å². The van der Waals surface area contributed by atoms with Crippen LogP contribution in [-0.4, -0.2) is 20.1 Å². The fourth-order valence-electron chi connectivity index (χ4n) is 2.70. The van der Waals surface area contributed by atoms with Crippen LogP contribution in [0.5, 0.6) is 0 Å². The van der Waals surface area contributed by atoms with Crippen molar-refractivity contribution < 1.29 is 0 Å². The summed E-state index contributed by atoms with van der Waals surface area (Å²) in [5, 5.41) is 3.36. The van der Waals surface area contributed by atoms with Gasteiger partial charge in [-0.2, -0.15) is 0 Å². The predicted octanol–water partition coefficient (Wildman–Crippen LogP) is 4.36. The molecule has 1 aliphatic carbocycles. The quantitative estimate of drug-likeness (QED) is 0.836. The van der Waals surface area contributed by atoms with Crippen molar-refractivity contribution in [3.8, 4) is 0 Å². The Bertz CT molecular complexity index is 415. The first-order chi connectivity index (χ1) is 9.15. The Labute approximate surface area is 125 Å². The first-order valence-corrected chi connectivity index (χ1v) is 8.16. The molecule has 0 saturated heterocycles. The lowest BCUT2D eigenvalue weighted by molar-refractivity contribution is 0.318. The van der Waals surface area contributed by atoms with Crippen LogP contribution >= 0.6 is 15.9 Å². The van der Waals surface area contributed by atoms with Gasteiger partial charge in [0.05, 0.1) is 0 Å². The topological polar surface area (TPSA) is 15.3 Å². The molecular formula is C16H25BrN2. The average molecular weight is 325 g/mol. The second-order valence-corrected chi connectivity index (χ2v) is 6.46. The van der Waals surface area contributed by atoms with Crippen LogP contribution in [0.25, 0.3) is 0 Å². The van der Waals surface area contributed by atoms with Crippen molar-refractivity contribution in [1.29, 1.82) is 0 Å². The molecule has 106 valence electrons. The van der Waals surface area contributed by atoms with Gasteiger partial charge in [0.2, 0.25) is 0 Å². The first kappa shape index (κ1) is 14.9. The van der Waals surface area contributed by atoms with Crippen molar-refractivity contribution in [3.05, 3.63) is 28.2 Å². The molecule has 0 bridgehead atoms. The van der Waals surface area contributed by atoms with E-state index in [2.05, 4.69) is 58.2 Å². The van der Waals surface area contributed by atoms with Gasteiger partial charge in [-0.3, -0.25) is 0 Å². The summed E-state index contributed by atoms with van der Waals surface area (Å²) in [5.74, 6) is 0.900. The fourth-order valence-corrected chi connectivity index (χ4v) is 3.05. The van der Waals surface area contributed by atoms with Gasteiger partial charge in [-0.1, -0.05) is 28.4 Å². The van der Waals surface area contributed by atoms with E-state index < -0.39 is 0 Å². The molecule has 0 radical (unpaired) electrons. The molecule has 0 spiro atoms. The van der Waals surface area contributed by atoms with Gasteiger partial charge in [-0.05, 0) is 57.4 Å². The van der Waals surface area contributed by atoms with E-state index in [-0.39, 0.29) is 0 Å². The molecule has 1 aromatic rings. The Kier molecular flexibility index (Phi) is 5.28. The van der Waals surface area contributed by atoms with E-state index in [1.807, 2.05) is 7.05 Å². The van der Waals surface area contributed by atoms with Gasteiger partial charge in [-0.15, -0.1) is 0 Å². The molecule has 1 aliphatic rings. The van der Waals surface area contributed by atoms with Gasteiger partial charge in [0.25, 0.3) is 0 Å². The van der Waals surface area contributed by atoms with E-state index in [0.717, 1.165) is 12.5 Å². The Hall–Kier alpha value is -0.540. The molecule has 0 aromatic heterocycles. The van der Waals surface area contributed by atoms with Crippen molar-refractivity contribution in [3.63, 3.8) is 0 Å². The SMILES string of the molecule is CCN(CC1CCC1)c1cc(Br)ccc1C(C)NC. The molecule has 1 unspecified atom stereocenters. The summed E-state index contributed by atoms with van der Waals surface area (Å²) >= 11 is 3.62. The van der Waals surface area contributed by atoms with Crippen LogP contribution in [0.15, 0.2) is 22.7 Å². The van der Waals surface area contributed by atoms with E-state index in [1.54, 1.807) is 0 Å². The molecule has 0 heterocycles. The normalized spacial score (nSPS) is 17.1. The Morgan fingerprint density at radius 1 is 1.42 bits per heavy atom. The van der Waals surface area contributed by atoms with E-state index in [1.165, 1.54) is 41.5 Å². The fraction of sp³-hybridized carbons (Fsp3) is 0.625. The third-order valence-electron chi connectivity index (χ3n) is 4.32. The van der Waals surface area contributed by atoms with Crippen LogP contribution in [0.2, 0.25) is 0 Å². The van der Waals surface area contributed by atoms with E-state index in [9.17, 15) is 0 Å². The summed E-state index contributed by atoms with van der Waals surface area (Å²) < 4.78 is 1.17. The molecule has 1 aromatic carbocycles. The number of nitrogens with one attached hydrogen (secondary N) is 1. The van der Waals surface area contributed by atoms with Crippen molar-refractivity contribution in [2.24, 2.45) is 5.92 Å². The molecule has 2 nitrogen and oxygen atoms in total. The molecule has 19 heavy (non-hydrogen) atoms. The smallest absolute Gasteiger partial charge is 0.0425 e. The standard InChI is InChI=1S/C16H25BrN2/c1-4-19(11-13-6-5-7-13)16-10-14(17)8-9-15(16)12(2)18-3/h8-10,12-13,18H,4-7,11H2,1-3H3. The third kappa shape index (κ3) is 3.51. The van der Waals surface area contributed by atoms with E-state index >= 15 is 0 Å². The minimum Gasteiger partial charge on any atom is -0.371 e. The van der Waals surface area contributed by atoms with Gasteiger partial charge in [0.1, 0.15) is 0 Å². The average Bonchev–Trinajstić information content (AvgIpc) is 2.37. The minimum atomic E-state index is 0.388. The Morgan fingerprint density at radius 2 is 2.16 bits per heavy atom. The molecule has 1 atom stereocenters. The zero-order chi connectivity index (χ0) is 13.8. The Morgan fingerprint density at radius 3 is 2.68 bits per heavy atom. The highest BCUT2D eigenvalue weighted by Crippen LogP contribution is 2.33. The van der Waals surface area contributed by atoms with Gasteiger partial charge in [0.15, 0.2) is 0 Å². The predicted molar refractivity (Wildman–Crippen MR) is 86.8 cm³/mol. The summed E-state index contributed by atoms with van der Waals surface area (Å²) in [5.41, 5.74) is 2.78. The molecular weight excluding hydrogens is 300 g/mol.